The summed E-state index contributed by atoms with van der Waals surface area (Å²) < 4.78 is 10.3. The third-order valence-corrected chi connectivity index (χ3v) is 2.76. The van der Waals surface area contributed by atoms with Gasteiger partial charge in [-0.25, -0.2) is 0 Å². The van der Waals surface area contributed by atoms with Crippen LogP contribution in [0.5, 0.6) is 11.5 Å². The van der Waals surface area contributed by atoms with E-state index in [0.29, 0.717) is 28.3 Å². The van der Waals surface area contributed by atoms with Crippen molar-refractivity contribution in [3.05, 3.63) is 53.6 Å². The molecule has 4 nitrogen and oxygen atoms in total. The van der Waals surface area contributed by atoms with Crippen LogP contribution in [0, 0.1) is 0 Å². The van der Waals surface area contributed by atoms with E-state index in [1.54, 1.807) is 56.7 Å². The fraction of sp³-hybridized carbons (Fsp3) is 0.133. The van der Waals surface area contributed by atoms with Crippen LogP contribution in [0.1, 0.15) is 15.9 Å². The molecule has 0 aliphatic carbocycles. The van der Waals surface area contributed by atoms with E-state index in [1.165, 1.54) is 0 Å². The van der Waals surface area contributed by atoms with Crippen molar-refractivity contribution in [1.82, 2.24) is 0 Å². The number of nitrogens with two attached hydrogens (primary N) is 1. The molecule has 0 bridgehead atoms. The molecule has 0 aromatic heterocycles. The molecule has 2 aromatic rings. The van der Waals surface area contributed by atoms with Crippen LogP contribution < -0.4 is 15.2 Å². The summed E-state index contributed by atoms with van der Waals surface area (Å²) in [6.45, 7) is 0. The van der Waals surface area contributed by atoms with Crippen molar-refractivity contribution in [2.24, 2.45) is 0 Å². The first-order valence-corrected chi connectivity index (χ1v) is 5.77. The fourth-order valence-electron chi connectivity index (χ4n) is 1.79. The van der Waals surface area contributed by atoms with Gasteiger partial charge in [-0.05, 0) is 24.3 Å². The van der Waals surface area contributed by atoms with Crippen LogP contribution in [0.25, 0.3) is 0 Å². The highest BCUT2D eigenvalue weighted by molar-refractivity contribution is 6.09. The lowest BCUT2D eigenvalue weighted by molar-refractivity contribution is 0.103. The normalized spacial score (nSPS) is 10.0. The topological polar surface area (TPSA) is 61.5 Å². The summed E-state index contributed by atoms with van der Waals surface area (Å²) in [5.41, 5.74) is 7.28. The largest absolute Gasteiger partial charge is 0.497 e. The lowest BCUT2D eigenvalue weighted by Crippen LogP contribution is -2.03. The Morgan fingerprint density at radius 1 is 0.947 bits per heavy atom. The number of hydrogen-bond acceptors (Lipinski definition) is 4. The van der Waals surface area contributed by atoms with Crippen molar-refractivity contribution in [1.29, 1.82) is 0 Å². The van der Waals surface area contributed by atoms with Crippen LogP contribution in [0.2, 0.25) is 0 Å². The molecular weight excluding hydrogens is 242 g/mol. The van der Waals surface area contributed by atoms with Gasteiger partial charge in [0, 0.05) is 22.9 Å². The number of benzene rings is 2. The van der Waals surface area contributed by atoms with Crippen LogP contribution in [-0.4, -0.2) is 20.0 Å². The zero-order valence-electron chi connectivity index (χ0n) is 10.8. The minimum absolute atomic E-state index is 0.121. The monoisotopic (exact) mass is 257 g/mol. The molecular formula is C15H15NO3. The van der Waals surface area contributed by atoms with Gasteiger partial charge in [0.1, 0.15) is 11.5 Å². The summed E-state index contributed by atoms with van der Waals surface area (Å²) >= 11 is 0. The molecule has 0 aliphatic rings. The van der Waals surface area contributed by atoms with Gasteiger partial charge in [-0.1, -0.05) is 12.1 Å². The van der Waals surface area contributed by atoms with Crippen molar-refractivity contribution >= 4 is 11.5 Å². The first-order chi connectivity index (χ1) is 9.13. The number of rotatable bonds is 4. The Morgan fingerprint density at radius 3 is 2.11 bits per heavy atom. The quantitative estimate of drug-likeness (QED) is 0.675. The zero-order chi connectivity index (χ0) is 13.8. The maximum atomic E-state index is 12.4. The smallest absolute Gasteiger partial charge is 0.193 e. The molecule has 2 rings (SSSR count). The number of methoxy groups -OCH3 is 2. The lowest BCUT2D eigenvalue weighted by Gasteiger charge is -2.08. The highest BCUT2D eigenvalue weighted by atomic mass is 16.5. The van der Waals surface area contributed by atoms with E-state index in [2.05, 4.69) is 0 Å². The van der Waals surface area contributed by atoms with Gasteiger partial charge < -0.3 is 15.2 Å². The van der Waals surface area contributed by atoms with Gasteiger partial charge in [0.25, 0.3) is 0 Å². The molecule has 2 N–H and O–H groups in total. The minimum atomic E-state index is -0.121. The number of ether oxygens (including phenoxy) is 2. The number of ketones is 1. The van der Waals surface area contributed by atoms with Gasteiger partial charge in [-0.15, -0.1) is 0 Å². The van der Waals surface area contributed by atoms with Crippen LogP contribution in [0.4, 0.5) is 5.69 Å². The summed E-state index contributed by atoms with van der Waals surface area (Å²) in [7, 11) is 3.09. The highest BCUT2D eigenvalue weighted by Crippen LogP contribution is 2.24. The van der Waals surface area contributed by atoms with E-state index in [-0.39, 0.29) is 5.78 Å². The van der Waals surface area contributed by atoms with Crippen molar-refractivity contribution < 1.29 is 14.3 Å². The van der Waals surface area contributed by atoms with Crippen LogP contribution in [-0.2, 0) is 0 Å². The van der Waals surface area contributed by atoms with Crippen molar-refractivity contribution in [3.8, 4) is 11.5 Å². The number of anilines is 1. The van der Waals surface area contributed by atoms with Crippen molar-refractivity contribution in [2.45, 2.75) is 0 Å². The predicted molar refractivity (Wildman–Crippen MR) is 73.8 cm³/mol. The van der Waals surface area contributed by atoms with Crippen molar-refractivity contribution in [2.75, 3.05) is 20.0 Å². The molecule has 0 amide bonds. The first kappa shape index (κ1) is 13.0. The van der Waals surface area contributed by atoms with Gasteiger partial charge in [-0.2, -0.15) is 0 Å². The van der Waals surface area contributed by atoms with Crippen molar-refractivity contribution in [3.63, 3.8) is 0 Å². The number of nitrogen functional groups attached to an aromatic ring is 1. The van der Waals surface area contributed by atoms with Gasteiger partial charge in [0.05, 0.1) is 14.2 Å². The van der Waals surface area contributed by atoms with E-state index in [0.717, 1.165) is 0 Å². The minimum Gasteiger partial charge on any atom is -0.497 e. The van der Waals surface area contributed by atoms with Crippen LogP contribution in [0.15, 0.2) is 42.5 Å². The molecule has 19 heavy (non-hydrogen) atoms. The molecule has 98 valence electrons. The Morgan fingerprint density at radius 2 is 1.58 bits per heavy atom. The Bertz CT molecular complexity index is 586. The average molecular weight is 257 g/mol. The Labute approximate surface area is 111 Å². The maximum Gasteiger partial charge on any atom is 0.193 e. The molecule has 0 saturated carbocycles. The molecule has 4 heteroatoms. The Kier molecular flexibility index (Phi) is 3.71. The van der Waals surface area contributed by atoms with Gasteiger partial charge in [-0.3, -0.25) is 4.79 Å². The molecule has 0 saturated heterocycles. The van der Waals surface area contributed by atoms with Gasteiger partial charge >= 0.3 is 0 Å². The highest BCUT2D eigenvalue weighted by Gasteiger charge is 2.12. The summed E-state index contributed by atoms with van der Waals surface area (Å²) in [4.78, 5) is 12.4. The molecule has 0 atom stereocenters. The van der Waals surface area contributed by atoms with E-state index in [1.807, 2.05) is 0 Å². The van der Waals surface area contributed by atoms with Gasteiger partial charge in [0.15, 0.2) is 5.78 Å². The molecule has 0 aliphatic heterocycles. The summed E-state index contributed by atoms with van der Waals surface area (Å²) in [5.74, 6) is 1.03. The number of carbonyl (C=O) groups excluding carboxylic acids is 1. The lowest BCUT2D eigenvalue weighted by atomic mass is 10.0. The number of carbonyl (C=O) groups is 1. The van der Waals surface area contributed by atoms with Gasteiger partial charge in [0.2, 0.25) is 0 Å². The zero-order valence-corrected chi connectivity index (χ0v) is 10.8. The summed E-state index contributed by atoms with van der Waals surface area (Å²) in [6, 6.07) is 11.9. The van der Waals surface area contributed by atoms with E-state index in [9.17, 15) is 4.79 Å². The Hall–Kier alpha value is -2.49. The van der Waals surface area contributed by atoms with Crippen LogP contribution >= 0.6 is 0 Å². The third kappa shape index (κ3) is 2.85. The summed E-state index contributed by atoms with van der Waals surface area (Å²) in [5, 5.41) is 0. The van der Waals surface area contributed by atoms with E-state index < -0.39 is 0 Å². The SMILES string of the molecule is COc1cc(OC)cc(C(=O)c2cccc(N)c2)c1. The van der Waals surface area contributed by atoms with E-state index >= 15 is 0 Å². The molecule has 0 spiro atoms. The predicted octanol–water partition coefficient (Wildman–Crippen LogP) is 2.52. The standard InChI is InChI=1S/C15H15NO3/c1-18-13-7-11(8-14(9-13)19-2)15(17)10-4-3-5-12(16)6-10/h3-9H,16H2,1-2H3. The first-order valence-electron chi connectivity index (χ1n) is 5.77. The third-order valence-electron chi connectivity index (χ3n) is 2.76. The number of hydrogen-bond donors (Lipinski definition) is 1. The second kappa shape index (κ2) is 5.44. The second-order valence-corrected chi connectivity index (χ2v) is 4.06. The Balaban J connectivity index is 2.43. The molecule has 0 unspecified atom stereocenters. The molecule has 0 radical (unpaired) electrons. The average Bonchev–Trinajstić information content (AvgIpc) is 2.45. The molecule has 0 heterocycles. The van der Waals surface area contributed by atoms with Crippen LogP contribution in [0.3, 0.4) is 0 Å². The maximum absolute atomic E-state index is 12.4. The summed E-state index contributed by atoms with van der Waals surface area (Å²) in [6.07, 6.45) is 0. The second-order valence-electron chi connectivity index (χ2n) is 4.06. The molecule has 0 fully saturated rings. The molecule has 2 aromatic carbocycles. The fourth-order valence-corrected chi connectivity index (χ4v) is 1.79. The van der Waals surface area contributed by atoms with E-state index in [4.69, 9.17) is 15.2 Å².